The molecule has 1 aromatic carbocycles. The molecule has 6 nitrogen and oxygen atoms in total. The number of anilines is 1. The largest absolute Gasteiger partial charge is 0.491 e. The number of alkyl halides is 3. The second kappa shape index (κ2) is 7.47. The van der Waals surface area contributed by atoms with Crippen LogP contribution in [0.15, 0.2) is 12.1 Å². The van der Waals surface area contributed by atoms with Crippen LogP contribution in [0.5, 0.6) is 5.75 Å². The molecular formula is C16H15Cl2F3N4O2. The molecule has 27 heavy (non-hydrogen) atoms. The number of nitrogens with one attached hydrogen (secondary N) is 2. The number of nitrogens with zero attached hydrogens (tertiary/aromatic N) is 2. The van der Waals surface area contributed by atoms with E-state index in [0.717, 1.165) is 0 Å². The van der Waals surface area contributed by atoms with Crippen molar-refractivity contribution in [3.63, 3.8) is 0 Å². The number of hydrogen-bond acceptors (Lipinski definition) is 3. The van der Waals surface area contributed by atoms with Crippen LogP contribution in [-0.2, 0) is 19.1 Å². The lowest BCUT2D eigenvalue weighted by Gasteiger charge is -2.27. The number of ether oxygens (including phenoxy) is 1. The SMILES string of the molecule is CCOc1c(Cl)cc(NC(=O)N2CCc3[nH]nc(C(F)(F)F)c3C2)cc1Cl. The summed E-state index contributed by atoms with van der Waals surface area (Å²) in [7, 11) is 0. The highest BCUT2D eigenvalue weighted by atomic mass is 35.5. The van der Waals surface area contributed by atoms with Crippen LogP contribution in [0.2, 0.25) is 10.0 Å². The Morgan fingerprint density at radius 2 is 2.04 bits per heavy atom. The number of H-pyrrole nitrogens is 1. The number of carbonyl (C=O) groups excluding carboxylic acids is 1. The van der Waals surface area contributed by atoms with E-state index in [1.165, 1.54) is 17.0 Å². The molecular weight excluding hydrogens is 408 g/mol. The second-order valence-corrected chi connectivity index (χ2v) is 6.65. The molecule has 1 aromatic heterocycles. The minimum absolute atomic E-state index is 0.0216. The predicted molar refractivity (Wildman–Crippen MR) is 94.4 cm³/mol. The van der Waals surface area contributed by atoms with E-state index in [1.54, 1.807) is 6.92 Å². The number of amides is 2. The molecule has 0 bridgehead atoms. The summed E-state index contributed by atoms with van der Waals surface area (Å²) in [4.78, 5) is 13.7. The molecule has 1 aliphatic heterocycles. The average molecular weight is 423 g/mol. The lowest BCUT2D eigenvalue weighted by Crippen LogP contribution is -2.39. The lowest BCUT2D eigenvalue weighted by molar-refractivity contribution is -0.142. The van der Waals surface area contributed by atoms with Crippen LogP contribution in [0.3, 0.4) is 0 Å². The van der Waals surface area contributed by atoms with Crippen LogP contribution in [0.4, 0.5) is 23.7 Å². The maximum absolute atomic E-state index is 13.0. The molecule has 1 aliphatic rings. The van der Waals surface area contributed by atoms with Gasteiger partial charge in [-0.3, -0.25) is 5.10 Å². The van der Waals surface area contributed by atoms with Crippen molar-refractivity contribution in [2.75, 3.05) is 18.5 Å². The Balaban J connectivity index is 1.76. The van der Waals surface area contributed by atoms with Gasteiger partial charge in [-0.1, -0.05) is 23.2 Å². The normalized spacial score (nSPS) is 14.1. The summed E-state index contributed by atoms with van der Waals surface area (Å²) in [6, 6.07) is 2.36. The Morgan fingerprint density at radius 3 is 2.63 bits per heavy atom. The van der Waals surface area contributed by atoms with Crippen LogP contribution in [0.1, 0.15) is 23.9 Å². The van der Waals surface area contributed by atoms with Crippen molar-refractivity contribution in [1.29, 1.82) is 0 Å². The maximum Gasteiger partial charge on any atom is 0.435 e. The van der Waals surface area contributed by atoms with Gasteiger partial charge in [0.1, 0.15) is 0 Å². The molecule has 0 aliphatic carbocycles. The van der Waals surface area contributed by atoms with Gasteiger partial charge in [0, 0.05) is 29.9 Å². The van der Waals surface area contributed by atoms with Crippen molar-refractivity contribution in [2.24, 2.45) is 0 Å². The number of halogens is 5. The molecule has 2 aromatic rings. The van der Waals surface area contributed by atoms with Crippen LogP contribution in [0, 0.1) is 0 Å². The number of aromatic amines is 1. The first kappa shape index (κ1) is 19.6. The Kier molecular flexibility index (Phi) is 5.43. The molecule has 0 saturated heterocycles. The van der Waals surface area contributed by atoms with Gasteiger partial charge in [-0.2, -0.15) is 18.3 Å². The molecule has 2 N–H and O–H groups in total. The standard InChI is InChI=1S/C16H15Cl2F3N4O2/c1-2-27-13-10(17)5-8(6-11(13)18)22-15(26)25-4-3-12-9(7-25)14(24-23-12)16(19,20)21/h5-6H,2-4,7H2,1H3,(H,22,26)(H,23,24). The summed E-state index contributed by atoms with van der Waals surface area (Å²) in [6.45, 7) is 2.19. The molecule has 11 heteroatoms. The van der Waals surface area contributed by atoms with E-state index in [1.807, 2.05) is 0 Å². The molecule has 0 fully saturated rings. The lowest BCUT2D eigenvalue weighted by atomic mass is 10.1. The van der Waals surface area contributed by atoms with Gasteiger partial charge >= 0.3 is 12.2 Å². The zero-order chi connectivity index (χ0) is 19.8. The topological polar surface area (TPSA) is 70.2 Å². The van der Waals surface area contributed by atoms with Gasteiger partial charge in [0.05, 0.1) is 23.2 Å². The number of aromatic nitrogens is 2. The van der Waals surface area contributed by atoms with Crippen molar-refractivity contribution in [3.05, 3.63) is 39.1 Å². The minimum Gasteiger partial charge on any atom is -0.491 e. The Labute approximate surface area is 162 Å². The number of urea groups is 1. The van der Waals surface area contributed by atoms with Gasteiger partial charge in [-0.15, -0.1) is 0 Å². The third kappa shape index (κ3) is 4.08. The van der Waals surface area contributed by atoms with E-state index in [0.29, 0.717) is 23.7 Å². The van der Waals surface area contributed by atoms with E-state index >= 15 is 0 Å². The summed E-state index contributed by atoms with van der Waals surface area (Å²) < 4.78 is 44.4. The van der Waals surface area contributed by atoms with Crippen LogP contribution >= 0.6 is 23.2 Å². The summed E-state index contributed by atoms with van der Waals surface area (Å²) in [6.07, 6.45) is -4.34. The van der Waals surface area contributed by atoms with E-state index in [2.05, 4.69) is 15.5 Å². The summed E-state index contributed by atoms with van der Waals surface area (Å²) >= 11 is 12.2. The van der Waals surface area contributed by atoms with Crippen LogP contribution in [-0.4, -0.2) is 34.3 Å². The zero-order valence-corrected chi connectivity index (χ0v) is 15.6. The van der Waals surface area contributed by atoms with Gasteiger partial charge in [0.15, 0.2) is 11.4 Å². The molecule has 0 unspecified atom stereocenters. The Hall–Kier alpha value is -2.13. The molecule has 0 spiro atoms. The average Bonchev–Trinajstić information content (AvgIpc) is 3.01. The fraction of sp³-hybridized carbons (Fsp3) is 0.375. The van der Waals surface area contributed by atoms with E-state index in [-0.39, 0.29) is 35.1 Å². The van der Waals surface area contributed by atoms with Gasteiger partial charge in [0.25, 0.3) is 0 Å². The third-order valence-electron chi connectivity index (χ3n) is 4.03. The van der Waals surface area contributed by atoms with Crippen molar-refractivity contribution in [3.8, 4) is 5.75 Å². The monoisotopic (exact) mass is 422 g/mol. The highest BCUT2D eigenvalue weighted by Crippen LogP contribution is 2.37. The second-order valence-electron chi connectivity index (χ2n) is 5.83. The molecule has 0 atom stereocenters. The Morgan fingerprint density at radius 1 is 1.37 bits per heavy atom. The number of fused-ring (bicyclic) bond motifs is 1. The smallest absolute Gasteiger partial charge is 0.435 e. The van der Waals surface area contributed by atoms with Crippen molar-refractivity contribution in [2.45, 2.75) is 26.1 Å². The first-order valence-electron chi connectivity index (χ1n) is 8.01. The first-order chi connectivity index (χ1) is 12.7. The van der Waals surface area contributed by atoms with E-state index in [4.69, 9.17) is 27.9 Å². The predicted octanol–water partition coefficient (Wildman–Crippen LogP) is 4.72. The van der Waals surface area contributed by atoms with Crippen LogP contribution < -0.4 is 10.1 Å². The fourth-order valence-corrected chi connectivity index (χ4v) is 3.42. The van der Waals surface area contributed by atoms with E-state index < -0.39 is 17.9 Å². The number of hydrogen-bond donors (Lipinski definition) is 2. The van der Waals surface area contributed by atoms with Crippen molar-refractivity contribution in [1.82, 2.24) is 15.1 Å². The molecule has 0 saturated carbocycles. The molecule has 146 valence electrons. The summed E-state index contributed by atoms with van der Waals surface area (Å²) in [5, 5.41) is 8.77. The number of benzene rings is 1. The quantitative estimate of drug-likeness (QED) is 0.751. The highest BCUT2D eigenvalue weighted by molar-refractivity contribution is 6.37. The number of carbonyl (C=O) groups is 1. The minimum atomic E-state index is -4.58. The zero-order valence-electron chi connectivity index (χ0n) is 14.1. The summed E-state index contributed by atoms with van der Waals surface area (Å²) in [5.74, 6) is 0.301. The Bertz CT molecular complexity index is 847. The highest BCUT2D eigenvalue weighted by Gasteiger charge is 2.39. The van der Waals surface area contributed by atoms with Gasteiger partial charge in [-0.05, 0) is 19.1 Å². The van der Waals surface area contributed by atoms with Crippen molar-refractivity contribution >= 4 is 34.9 Å². The maximum atomic E-state index is 13.0. The van der Waals surface area contributed by atoms with Crippen molar-refractivity contribution < 1.29 is 22.7 Å². The summed E-state index contributed by atoms with van der Waals surface area (Å²) in [5.41, 5.74) is -0.320. The third-order valence-corrected chi connectivity index (χ3v) is 4.59. The van der Waals surface area contributed by atoms with E-state index in [9.17, 15) is 18.0 Å². The molecule has 2 amide bonds. The molecule has 0 radical (unpaired) electrons. The van der Waals surface area contributed by atoms with Gasteiger partial charge < -0.3 is 15.0 Å². The van der Waals surface area contributed by atoms with Gasteiger partial charge in [-0.25, -0.2) is 4.79 Å². The molecule has 3 rings (SSSR count). The fourth-order valence-electron chi connectivity index (χ4n) is 2.82. The number of rotatable bonds is 3. The first-order valence-corrected chi connectivity index (χ1v) is 8.77. The van der Waals surface area contributed by atoms with Crippen LogP contribution in [0.25, 0.3) is 0 Å². The molecule has 2 heterocycles. The van der Waals surface area contributed by atoms with Gasteiger partial charge in [0.2, 0.25) is 0 Å².